The maximum Gasteiger partial charge on any atom is 0.308 e. The summed E-state index contributed by atoms with van der Waals surface area (Å²) < 4.78 is 24.3. The van der Waals surface area contributed by atoms with Crippen LogP contribution in [0.5, 0.6) is 0 Å². The molecule has 0 amide bonds. The van der Waals surface area contributed by atoms with Crippen LogP contribution < -0.4 is 0 Å². The summed E-state index contributed by atoms with van der Waals surface area (Å²) in [6.07, 6.45) is 0.506. The van der Waals surface area contributed by atoms with Crippen molar-refractivity contribution in [1.29, 1.82) is 0 Å². The van der Waals surface area contributed by atoms with Crippen LogP contribution in [0.2, 0.25) is 0 Å². The van der Waals surface area contributed by atoms with Gasteiger partial charge in [0.15, 0.2) is 0 Å². The van der Waals surface area contributed by atoms with E-state index in [0.717, 1.165) is 15.6 Å². The summed E-state index contributed by atoms with van der Waals surface area (Å²) in [6, 6.07) is 3.67. The number of carbonyl (C=O) groups excluding carboxylic acids is 1. The van der Waals surface area contributed by atoms with E-state index >= 15 is 0 Å². The van der Waals surface area contributed by atoms with Gasteiger partial charge < -0.3 is 9.47 Å². The Morgan fingerprint density at radius 2 is 2.42 bits per heavy atom. The van der Waals surface area contributed by atoms with Crippen LogP contribution in [0, 0.1) is 0 Å². The van der Waals surface area contributed by atoms with Gasteiger partial charge in [-0.2, -0.15) is 3.89 Å². The molecule has 0 aliphatic carbocycles. The Hall–Kier alpha value is -0.590. The molecule has 1 unspecified atom stereocenters. The van der Waals surface area contributed by atoms with Crippen molar-refractivity contribution < 1.29 is 18.2 Å². The molecule has 0 radical (unpaired) electrons. The summed E-state index contributed by atoms with van der Waals surface area (Å²) in [5, 5.41) is 0. The number of halogens is 2. The molecule has 1 aliphatic heterocycles. The van der Waals surface area contributed by atoms with Crippen molar-refractivity contribution in [1.82, 2.24) is 0 Å². The van der Waals surface area contributed by atoms with Crippen molar-refractivity contribution in [2.45, 2.75) is 37.4 Å². The molecule has 0 bridgehead atoms. The van der Waals surface area contributed by atoms with Gasteiger partial charge in [-0.3, -0.25) is 4.79 Å². The molecule has 3 nitrogen and oxygen atoms in total. The van der Waals surface area contributed by atoms with Gasteiger partial charge in [-0.25, -0.2) is 0 Å². The molecular formula is C13H14BrFO3S. The summed E-state index contributed by atoms with van der Waals surface area (Å²) in [7, 11) is 0. The molecule has 104 valence electrons. The third-order valence-corrected chi connectivity index (χ3v) is 3.94. The fourth-order valence-electron chi connectivity index (χ4n) is 2.13. The first-order chi connectivity index (χ1) is 9.13. The van der Waals surface area contributed by atoms with Crippen LogP contribution >= 0.6 is 28.1 Å². The van der Waals surface area contributed by atoms with E-state index in [0.29, 0.717) is 24.5 Å². The average molecular weight is 349 g/mol. The highest BCUT2D eigenvalue weighted by molar-refractivity contribution is 9.10. The van der Waals surface area contributed by atoms with Crippen LogP contribution in [0.3, 0.4) is 0 Å². The second-order valence-corrected chi connectivity index (χ2v) is 5.77. The van der Waals surface area contributed by atoms with E-state index in [9.17, 15) is 8.68 Å². The topological polar surface area (TPSA) is 35.5 Å². The molecular weight excluding hydrogens is 335 g/mol. The van der Waals surface area contributed by atoms with E-state index in [1.165, 1.54) is 0 Å². The second kappa shape index (κ2) is 6.72. The summed E-state index contributed by atoms with van der Waals surface area (Å²) in [5.41, 5.74) is 1.89. The van der Waals surface area contributed by atoms with Crippen LogP contribution in [0.4, 0.5) is 3.89 Å². The summed E-state index contributed by atoms with van der Waals surface area (Å²) in [5.74, 6) is -0.275. The van der Waals surface area contributed by atoms with Gasteiger partial charge in [0, 0.05) is 15.8 Å². The number of benzene rings is 1. The number of hydrogen-bond acceptors (Lipinski definition) is 4. The molecule has 0 fully saturated rings. The Morgan fingerprint density at radius 1 is 1.63 bits per heavy atom. The molecule has 1 atom stereocenters. The number of ether oxygens (including phenoxy) is 2. The van der Waals surface area contributed by atoms with E-state index in [4.69, 9.17) is 9.47 Å². The van der Waals surface area contributed by atoms with Crippen molar-refractivity contribution in [2.75, 3.05) is 6.61 Å². The Bertz CT molecular complexity index is 464. The zero-order chi connectivity index (χ0) is 13.8. The minimum atomic E-state index is -0.275. The molecule has 1 aromatic carbocycles. The minimum absolute atomic E-state index is 0.208. The number of rotatable bonds is 4. The fraction of sp³-hybridized carbons (Fsp3) is 0.462. The van der Waals surface area contributed by atoms with Crippen LogP contribution in [-0.2, 0) is 27.3 Å². The fourth-order valence-corrected chi connectivity index (χ4v) is 3.26. The highest BCUT2D eigenvalue weighted by Crippen LogP contribution is 2.34. The molecule has 1 aliphatic rings. The maximum absolute atomic E-state index is 13.0. The molecule has 1 heterocycles. The lowest BCUT2D eigenvalue weighted by Crippen LogP contribution is -2.26. The Balaban J connectivity index is 2.12. The van der Waals surface area contributed by atoms with Crippen molar-refractivity contribution >= 4 is 34.0 Å². The normalized spacial score (nSPS) is 17.9. The smallest absolute Gasteiger partial charge is 0.308 e. The Morgan fingerprint density at radius 3 is 3.11 bits per heavy atom. The van der Waals surface area contributed by atoms with Gasteiger partial charge in [-0.05, 0) is 30.2 Å². The van der Waals surface area contributed by atoms with Crippen LogP contribution in [0.15, 0.2) is 21.5 Å². The molecule has 0 spiro atoms. The van der Waals surface area contributed by atoms with E-state index in [-0.39, 0.29) is 30.6 Å². The molecule has 2 rings (SSSR count). The zero-order valence-corrected chi connectivity index (χ0v) is 12.9. The van der Waals surface area contributed by atoms with E-state index in [1.807, 2.05) is 6.07 Å². The number of hydrogen-bond donors (Lipinski definition) is 0. The molecule has 0 aromatic heterocycles. The van der Waals surface area contributed by atoms with Gasteiger partial charge in [0.25, 0.3) is 0 Å². The quantitative estimate of drug-likeness (QED) is 0.775. The average Bonchev–Trinajstić information content (AvgIpc) is 2.38. The van der Waals surface area contributed by atoms with Crippen molar-refractivity contribution in [2.24, 2.45) is 0 Å². The Kier molecular flexibility index (Phi) is 5.24. The highest BCUT2D eigenvalue weighted by Gasteiger charge is 2.25. The third-order valence-electron chi connectivity index (χ3n) is 2.96. The Labute approximate surface area is 124 Å². The zero-order valence-electron chi connectivity index (χ0n) is 10.4. The molecule has 19 heavy (non-hydrogen) atoms. The van der Waals surface area contributed by atoms with E-state index < -0.39 is 0 Å². The number of esters is 1. The molecule has 0 saturated carbocycles. The first-order valence-electron chi connectivity index (χ1n) is 6.01. The second-order valence-electron chi connectivity index (χ2n) is 4.27. The first-order valence-corrected chi connectivity index (χ1v) is 7.52. The lowest BCUT2D eigenvalue weighted by molar-refractivity contribution is -0.146. The first kappa shape index (κ1) is 14.8. The predicted molar refractivity (Wildman–Crippen MR) is 74.6 cm³/mol. The van der Waals surface area contributed by atoms with Crippen molar-refractivity contribution in [3.05, 3.63) is 27.7 Å². The molecule has 1 aromatic rings. The standard InChI is InChI=1S/C13H14BrFO3S/c1-2-17-13(16)6-10-5-11-8(7-18-10)3-9(14)4-12(11)19-15/h3-4,10H,2,5-7H2,1H3. The molecule has 0 N–H and O–H groups in total. The maximum atomic E-state index is 13.0. The van der Waals surface area contributed by atoms with Gasteiger partial charge in [0.1, 0.15) is 0 Å². The lowest BCUT2D eigenvalue weighted by atomic mass is 9.97. The van der Waals surface area contributed by atoms with Gasteiger partial charge in [0.05, 0.1) is 37.9 Å². The van der Waals surface area contributed by atoms with Crippen molar-refractivity contribution in [3.63, 3.8) is 0 Å². The van der Waals surface area contributed by atoms with E-state index in [2.05, 4.69) is 15.9 Å². The largest absolute Gasteiger partial charge is 0.466 e. The highest BCUT2D eigenvalue weighted by atomic mass is 79.9. The lowest BCUT2D eigenvalue weighted by Gasteiger charge is -2.26. The predicted octanol–water partition coefficient (Wildman–Crippen LogP) is 3.82. The summed E-state index contributed by atoms with van der Waals surface area (Å²) in [4.78, 5) is 12.0. The van der Waals surface area contributed by atoms with Gasteiger partial charge in [0.2, 0.25) is 0 Å². The SMILES string of the molecule is CCOC(=O)CC1Cc2c(cc(Br)cc2SF)CO1. The van der Waals surface area contributed by atoms with Crippen LogP contribution in [0.25, 0.3) is 0 Å². The van der Waals surface area contributed by atoms with Gasteiger partial charge in [-0.1, -0.05) is 15.9 Å². The van der Waals surface area contributed by atoms with E-state index in [1.54, 1.807) is 13.0 Å². The third kappa shape index (κ3) is 3.70. The van der Waals surface area contributed by atoms with Crippen LogP contribution in [0.1, 0.15) is 24.5 Å². The van der Waals surface area contributed by atoms with Gasteiger partial charge in [-0.15, -0.1) is 0 Å². The molecule has 0 saturated heterocycles. The number of fused-ring (bicyclic) bond motifs is 1. The summed E-state index contributed by atoms with van der Waals surface area (Å²) in [6.45, 7) is 2.53. The monoisotopic (exact) mass is 348 g/mol. The molecule has 6 heteroatoms. The number of carbonyl (C=O) groups is 1. The minimum Gasteiger partial charge on any atom is -0.466 e. The summed E-state index contributed by atoms with van der Waals surface area (Å²) >= 11 is 3.58. The van der Waals surface area contributed by atoms with Crippen molar-refractivity contribution in [3.8, 4) is 0 Å². The van der Waals surface area contributed by atoms with Gasteiger partial charge >= 0.3 is 5.97 Å². The van der Waals surface area contributed by atoms with Crippen LogP contribution in [-0.4, -0.2) is 18.7 Å².